The Hall–Kier alpha value is -1.92. The summed E-state index contributed by atoms with van der Waals surface area (Å²) in [5.41, 5.74) is 2.25. The summed E-state index contributed by atoms with van der Waals surface area (Å²) in [7, 11) is 0. The molecule has 0 atom stereocenters. The van der Waals surface area contributed by atoms with Crippen molar-refractivity contribution in [1.82, 2.24) is 21.3 Å². The van der Waals surface area contributed by atoms with Crippen LogP contribution in [-0.4, -0.2) is 38.0 Å². The minimum absolute atomic E-state index is 0.0220. The van der Waals surface area contributed by atoms with Crippen LogP contribution in [0, 0.1) is 0 Å². The number of rotatable bonds is 0. The molecule has 114 valence electrons. The number of benzene rings is 1. The van der Waals surface area contributed by atoms with Crippen molar-refractivity contribution in [2.24, 2.45) is 0 Å². The van der Waals surface area contributed by atoms with E-state index >= 15 is 0 Å². The molecule has 0 spiro atoms. The molecule has 0 aliphatic carbocycles. The maximum absolute atomic E-state index is 11.6. The van der Waals surface area contributed by atoms with Crippen molar-refractivity contribution < 1.29 is 9.59 Å². The van der Waals surface area contributed by atoms with Crippen LogP contribution in [0.15, 0.2) is 24.3 Å². The summed E-state index contributed by atoms with van der Waals surface area (Å²) >= 11 is 0. The van der Waals surface area contributed by atoms with Gasteiger partial charge in [0.05, 0.1) is 13.1 Å². The van der Waals surface area contributed by atoms with Crippen LogP contribution in [0.25, 0.3) is 0 Å². The van der Waals surface area contributed by atoms with E-state index in [0.717, 1.165) is 17.5 Å². The third-order valence-corrected chi connectivity index (χ3v) is 3.22. The van der Waals surface area contributed by atoms with Crippen molar-refractivity contribution in [3.8, 4) is 0 Å². The summed E-state index contributed by atoms with van der Waals surface area (Å²) in [6.45, 7) is 3.06. The van der Waals surface area contributed by atoms with Gasteiger partial charge in [-0.3, -0.25) is 9.59 Å². The zero-order valence-corrected chi connectivity index (χ0v) is 12.1. The van der Waals surface area contributed by atoms with Crippen LogP contribution < -0.4 is 21.3 Å². The maximum atomic E-state index is 11.6. The van der Waals surface area contributed by atoms with Crippen LogP contribution in [0.3, 0.4) is 0 Å². The van der Waals surface area contributed by atoms with Gasteiger partial charge in [-0.2, -0.15) is 0 Å². The predicted octanol–water partition coefficient (Wildman–Crippen LogP) is -0.498. The van der Waals surface area contributed by atoms with E-state index in [1.165, 1.54) is 0 Å². The first-order valence-corrected chi connectivity index (χ1v) is 7.27. The Bertz CT molecular complexity index is 451. The largest absolute Gasteiger partial charge is 0.355 e. The highest BCUT2D eigenvalue weighted by Gasteiger charge is 2.04. The molecule has 0 aromatic heterocycles. The van der Waals surface area contributed by atoms with E-state index < -0.39 is 0 Å². The minimum Gasteiger partial charge on any atom is -0.355 e. The van der Waals surface area contributed by atoms with E-state index in [-0.39, 0.29) is 11.8 Å². The fraction of sp³-hybridized carbons (Fsp3) is 0.467. The monoisotopic (exact) mass is 290 g/mol. The summed E-state index contributed by atoms with van der Waals surface area (Å²) in [5, 5.41) is 11.9. The number of carbonyl (C=O) groups is 2. The molecule has 0 saturated carbocycles. The van der Waals surface area contributed by atoms with E-state index in [2.05, 4.69) is 27.3 Å². The topological polar surface area (TPSA) is 82.3 Å². The van der Waals surface area contributed by atoms with Crippen molar-refractivity contribution in [2.75, 3.05) is 26.2 Å². The normalized spacial score (nSPS) is 18.7. The Kier molecular flexibility index (Phi) is 6.18. The Labute approximate surface area is 124 Å². The molecule has 0 saturated heterocycles. The predicted molar refractivity (Wildman–Crippen MR) is 80.5 cm³/mol. The second-order valence-electron chi connectivity index (χ2n) is 5.08. The van der Waals surface area contributed by atoms with Crippen LogP contribution in [0.4, 0.5) is 0 Å². The van der Waals surface area contributed by atoms with Crippen molar-refractivity contribution in [3.05, 3.63) is 35.4 Å². The average molecular weight is 290 g/mol. The lowest BCUT2D eigenvalue weighted by Crippen LogP contribution is -2.37. The van der Waals surface area contributed by atoms with Crippen molar-refractivity contribution in [3.63, 3.8) is 0 Å². The van der Waals surface area contributed by atoms with Crippen LogP contribution >= 0.6 is 0 Å². The number of fused-ring (bicyclic) bond motifs is 2. The Balaban J connectivity index is 1.95. The number of amides is 2. The van der Waals surface area contributed by atoms with Gasteiger partial charge in [-0.05, 0) is 17.5 Å². The Morgan fingerprint density at radius 3 is 1.81 bits per heavy atom. The lowest BCUT2D eigenvalue weighted by Gasteiger charge is -2.11. The highest BCUT2D eigenvalue weighted by molar-refractivity contribution is 5.78. The molecule has 0 unspecified atom stereocenters. The molecule has 2 rings (SSSR count). The SMILES string of the molecule is O=C1CNCc2cccc(c2)CNCC(=O)NCCCN1. The number of hydrogen-bond acceptors (Lipinski definition) is 4. The summed E-state index contributed by atoms with van der Waals surface area (Å²) in [5.74, 6) is -0.0440. The summed E-state index contributed by atoms with van der Waals surface area (Å²) in [6, 6.07) is 8.09. The van der Waals surface area contributed by atoms with Gasteiger partial charge in [-0.25, -0.2) is 0 Å². The maximum Gasteiger partial charge on any atom is 0.233 e. The van der Waals surface area contributed by atoms with E-state index in [1.54, 1.807) is 0 Å². The summed E-state index contributed by atoms with van der Waals surface area (Å²) in [4.78, 5) is 23.2. The van der Waals surface area contributed by atoms with Gasteiger partial charge in [0.25, 0.3) is 0 Å². The highest BCUT2D eigenvalue weighted by atomic mass is 16.2. The third kappa shape index (κ3) is 5.93. The Morgan fingerprint density at radius 2 is 1.29 bits per heavy atom. The molecule has 21 heavy (non-hydrogen) atoms. The zero-order chi connectivity index (χ0) is 14.9. The number of hydrogen-bond donors (Lipinski definition) is 4. The average Bonchev–Trinajstić information content (AvgIpc) is 2.46. The third-order valence-electron chi connectivity index (χ3n) is 3.22. The lowest BCUT2D eigenvalue weighted by atomic mass is 10.1. The fourth-order valence-corrected chi connectivity index (χ4v) is 2.16. The van der Waals surface area contributed by atoms with Crippen LogP contribution in [0.2, 0.25) is 0 Å². The summed E-state index contributed by atoms with van der Waals surface area (Å²) in [6.07, 6.45) is 0.733. The smallest absolute Gasteiger partial charge is 0.233 e. The molecule has 0 radical (unpaired) electrons. The van der Waals surface area contributed by atoms with Gasteiger partial charge in [-0.15, -0.1) is 0 Å². The lowest BCUT2D eigenvalue weighted by molar-refractivity contribution is -0.120. The van der Waals surface area contributed by atoms with E-state index in [9.17, 15) is 9.59 Å². The molecule has 1 aliphatic heterocycles. The number of nitrogens with one attached hydrogen (secondary N) is 4. The number of carbonyl (C=O) groups excluding carboxylic acids is 2. The van der Waals surface area contributed by atoms with Gasteiger partial charge >= 0.3 is 0 Å². The van der Waals surface area contributed by atoms with Gasteiger partial charge in [0.2, 0.25) is 11.8 Å². The van der Waals surface area contributed by atoms with E-state index in [0.29, 0.717) is 39.3 Å². The molecular formula is C15H22N4O2. The highest BCUT2D eigenvalue weighted by Crippen LogP contribution is 2.04. The molecule has 1 aromatic rings. The van der Waals surface area contributed by atoms with Gasteiger partial charge in [0, 0.05) is 26.2 Å². The molecule has 2 bridgehead atoms. The second kappa shape index (κ2) is 8.39. The second-order valence-corrected chi connectivity index (χ2v) is 5.08. The van der Waals surface area contributed by atoms with Gasteiger partial charge in [-0.1, -0.05) is 24.3 Å². The van der Waals surface area contributed by atoms with Crippen molar-refractivity contribution in [1.29, 1.82) is 0 Å². The molecule has 2 amide bonds. The summed E-state index contributed by atoms with van der Waals surface area (Å²) < 4.78 is 0. The fourth-order valence-electron chi connectivity index (χ4n) is 2.16. The first-order chi connectivity index (χ1) is 10.2. The molecule has 4 N–H and O–H groups in total. The van der Waals surface area contributed by atoms with Gasteiger partial charge < -0.3 is 21.3 Å². The van der Waals surface area contributed by atoms with Crippen LogP contribution in [0.5, 0.6) is 0 Å². The standard InChI is InChI=1S/C15H22N4O2/c20-14-10-16-8-12-3-1-4-13(7-12)9-17-11-15(21)19-6-2-5-18-14/h1,3-4,7,16-17H,2,5-6,8-11H2,(H,18,20)(H,19,21). The first kappa shape index (κ1) is 15.5. The molecule has 6 heteroatoms. The minimum atomic E-state index is -0.0220. The zero-order valence-electron chi connectivity index (χ0n) is 12.1. The molecule has 1 heterocycles. The molecular weight excluding hydrogens is 268 g/mol. The van der Waals surface area contributed by atoms with Gasteiger partial charge in [0.15, 0.2) is 0 Å². The molecule has 0 fully saturated rings. The first-order valence-electron chi connectivity index (χ1n) is 7.27. The molecule has 1 aromatic carbocycles. The molecule has 1 aliphatic rings. The molecule has 6 nitrogen and oxygen atoms in total. The quantitative estimate of drug-likeness (QED) is 0.519. The van der Waals surface area contributed by atoms with Crippen molar-refractivity contribution >= 4 is 11.8 Å². The van der Waals surface area contributed by atoms with Gasteiger partial charge in [0.1, 0.15) is 0 Å². The van der Waals surface area contributed by atoms with E-state index in [1.807, 2.05) is 18.2 Å². The van der Waals surface area contributed by atoms with E-state index in [4.69, 9.17) is 0 Å². The van der Waals surface area contributed by atoms with Crippen LogP contribution in [-0.2, 0) is 22.7 Å². The van der Waals surface area contributed by atoms with Crippen LogP contribution in [0.1, 0.15) is 17.5 Å². The Morgan fingerprint density at radius 1 is 0.762 bits per heavy atom. The van der Waals surface area contributed by atoms with Crippen molar-refractivity contribution in [2.45, 2.75) is 19.5 Å².